The summed E-state index contributed by atoms with van der Waals surface area (Å²) in [5, 5.41) is 15.4. The molecule has 2 aliphatic rings. The van der Waals surface area contributed by atoms with Gasteiger partial charge in [-0.15, -0.1) is 0 Å². The molecule has 2 fully saturated rings. The largest absolute Gasteiger partial charge is 0.332 e. The van der Waals surface area contributed by atoms with Crippen molar-refractivity contribution < 1.29 is 4.79 Å². The summed E-state index contributed by atoms with van der Waals surface area (Å²) in [7, 11) is 0. The van der Waals surface area contributed by atoms with Crippen LogP contribution in [0.3, 0.4) is 0 Å². The molecule has 156 valence electrons. The highest BCUT2D eigenvalue weighted by molar-refractivity contribution is 5.90. The van der Waals surface area contributed by atoms with Gasteiger partial charge in [-0.1, -0.05) is 49.2 Å². The van der Waals surface area contributed by atoms with Crippen molar-refractivity contribution in [1.82, 2.24) is 10.2 Å². The Labute approximate surface area is 179 Å². The number of nitriles is 1. The zero-order valence-corrected chi connectivity index (χ0v) is 17.4. The molecule has 1 heterocycles. The molecule has 1 saturated carbocycles. The van der Waals surface area contributed by atoms with Crippen LogP contribution in [0.15, 0.2) is 54.6 Å². The van der Waals surface area contributed by atoms with Crippen LogP contribution in [0.4, 0.5) is 10.5 Å². The molecule has 5 nitrogen and oxygen atoms in total. The first-order chi connectivity index (χ1) is 14.7. The van der Waals surface area contributed by atoms with Crippen molar-refractivity contribution in [2.45, 2.75) is 50.6 Å². The molecule has 2 N–H and O–H groups in total. The normalized spacial score (nSPS) is 19.2. The van der Waals surface area contributed by atoms with Crippen molar-refractivity contribution in [2.24, 2.45) is 5.92 Å². The topological polar surface area (TPSA) is 68.2 Å². The lowest BCUT2D eigenvalue weighted by molar-refractivity contribution is 0.109. The fourth-order valence-electron chi connectivity index (χ4n) is 5.18. The number of anilines is 1. The van der Waals surface area contributed by atoms with Gasteiger partial charge >= 0.3 is 6.03 Å². The van der Waals surface area contributed by atoms with Gasteiger partial charge in [0.15, 0.2) is 0 Å². The smallest absolute Gasteiger partial charge is 0.319 e. The zero-order valence-electron chi connectivity index (χ0n) is 17.4. The van der Waals surface area contributed by atoms with Gasteiger partial charge in [-0.2, -0.15) is 5.26 Å². The van der Waals surface area contributed by atoms with E-state index in [9.17, 15) is 4.79 Å². The number of urea groups is 1. The predicted octanol–water partition coefficient (Wildman–Crippen LogP) is 4.90. The van der Waals surface area contributed by atoms with E-state index in [1.54, 1.807) is 18.2 Å². The number of benzene rings is 2. The van der Waals surface area contributed by atoms with Gasteiger partial charge in [0, 0.05) is 17.8 Å². The summed E-state index contributed by atoms with van der Waals surface area (Å²) in [6.07, 6.45) is 6.71. The van der Waals surface area contributed by atoms with Crippen LogP contribution in [-0.4, -0.2) is 29.6 Å². The van der Waals surface area contributed by atoms with Crippen LogP contribution in [0.1, 0.15) is 49.7 Å². The highest BCUT2D eigenvalue weighted by atomic mass is 16.2. The molecule has 0 unspecified atom stereocenters. The second-order valence-corrected chi connectivity index (χ2v) is 8.67. The minimum Gasteiger partial charge on any atom is -0.332 e. The molecule has 1 aliphatic carbocycles. The summed E-state index contributed by atoms with van der Waals surface area (Å²) in [6.45, 7) is 3.16. The molecule has 2 amide bonds. The number of amides is 2. The third kappa shape index (κ3) is 4.83. The number of piperidine rings is 1. The Morgan fingerprint density at radius 1 is 1.07 bits per heavy atom. The number of nitrogens with zero attached hydrogens (tertiary/aromatic N) is 2. The maximum Gasteiger partial charge on any atom is 0.319 e. The second-order valence-electron chi connectivity index (χ2n) is 8.67. The Morgan fingerprint density at radius 3 is 2.50 bits per heavy atom. The molecule has 0 atom stereocenters. The summed E-state index contributed by atoms with van der Waals surface area (Å²) in [5.74, 6) is 0.517. The molecule has 1 saturated heterocycles. The van der Waals surface area contributed by atoms with Gasteiger partial charge in [-0.05, 0) is 68.5 Å². The number of rotatable bonds is 5. The molecule has 4 rings (SSSR count). The van der Waals surface area contributed by atoms with E-state index in [0.29, 0.717) is 17.2 Å². The van der Waals surface area contributed by atoms with E-state index < -0.39 is 0 Å². The molecule has 5 heteroatoms. The average molecular weight is 403 g/mol. The van der Waals surface area contributed by atoms with Gasteiger partial charge in [-0.25, -0.2) is 4.79 Å². The van der Waals surface area contributed by atoms with Crippen LogP contribution in [0, 0.1) is 17.2 Å². The van der Waals surface area contributed by atoms with E-state index in [4.69, 9.17) is 5.26 Å². The first-order valence-electron chi connectivity index (χ1n) is 11.0. The van der Waals surface area contributed by atoms with Crippen LogP contribution < -0.4 is 10.6 Å². The molecule has 30 heavy (non-hydrogen) atoms. The van der Waals surface area contributed by atoms with Crippen molar-refractivity contribution in [1.29, 1.82) is 5.26 Å². The SMILES string of the molecule is N#Cc1cccc(NC(=O)NC2(C3CCN(Cc4ccccc4)CC3)CCCC2)c1. The van der Waals surface area contributed by atoms with E-state index >= 15 is 0 Å². The Hall–Kier alpha value is -2.84. The van der Waals surface area contributed by atoms with Crippen molar-refractivity contribution >= 4 is 11.7 Å². The van der Waals surface area contributed by atoms with Gasteiger partial charge < -0.3 is 10.6 Å². The summed E-state index contributed by atoms with van der Waals surface area (Å²) in [6, 6.07) is 19.7. The van der Waals surface area contributed by atoms with E-state index in [-0.39, 0.29) is 11.6 Å². The third-order valence-electron chi connectivity index (χ3n) is 6.73. The van der Waals surface area contributed by atoms with Gasteiger partial charge in [0.1, 0.15) is 0 Å². The van der Waals surface area contributed by atoms with Crippen LogP contribution >= 0.6 is 0 Å². The first kappa shape index (κ1) is 20.4. The highest BCUT2D eigenvalue weighted by Gasteiger charge is 2.43. The molecule has 2 aromatic carbocycles. The number of hydrogen-bond acceptors (Lipinski definition) is 3. The molecule has 0 spiro atoms. The number of hydrogen-bond donors (Lipinski definition) is 2. The maximum atomic E-state index is 12.8. The minimum absolute atomic E-state index is 0.101. The molecule has 0 bridgehead atoms. The quantitative estimate of drug-likeness (QED) is 0.747. The summed E-state index contributed by atoms with van der Waals surface area (Å²) < 4.78 is 0. The van der Waals surface area contributed by atoms with Crippen LogP contribution in [0.2, 0.25) is 0 Å². The van der Waals surface area contributed by atoms with Crippen molar-refractivity contribution in [3.63, 3.8) is 0 Å². The Balaban J connectivity index is 1.36. The number of nitrogens with one attached hydrogen (secondary N) is 2. The fraction of sp³-hybridized carbons (Fsp3) is 0.440. The average Bonchev–Trinajstić information content (AvgIpc) is 3.24. The molecular formula is C25H30N4O. The minimum atomic E-state index is -0.154. The first-order valence-corrected chi connectivity index (χ1v) is 11.0. The predicted molar refractivity (Wildman–Crippen MR) is 119 cm³/mol. The zero-order chi connectivity index (χ0) is 20.8. The highest BCUT2D eigenvalue weighted by Crippen LogP contribution is 2.41. The third-order valence-corrected chi connectivity index (χ3v) is 6.73. The number of likely N-dealkylation sites (tertiary alicyclic amines) is 1. The molecular weight excluding hydrogens is 372 g/mol. The molecule has 1 aliphatic heterocycles. The van der Waals surface area contributed by atoms with Crippen molar-refractivity contribution in [3.8, 4) is 6.07 Å². The van der Waals surface area contributed by atoms with E-state index in [2.05, 4.69) is 51.9 Å². The van der Waals surface area contributed by atoms with E-state index in [1.165, 1.54) is 18.4 Å². The Bertz CT molecular complexity index is 891. The Morgan fingerprint density at radius 2 is 1.80 bits per heavy atom. The van der Waals surface area contributed by atoms with Gasteiger partial charge in [0.2, 0.25) is 0 Å². The molecule has 2 aromatic rings. The van der Waals surface area contributed by atoms with Crippen molar-refractivity contribution in [3.05, 3.63) is 65.7 Å². The van der Waals surface area contributed by atoms with E-state index in [0.717, 1.165) is 45.3 Å². The van der Waals surface area contributed by atoms with Crippen LogP contribution in [-0.2, 0) is 6.54 Å². The lowest BCUT2D eigenvalue weighted by Crippen LogP contribution is -2.55. The summed E-state index contributed by atoms with van der Waals surface area (Å²) in [5.41, 5.74) is 2.48. The Kier molecular flexibility index (Phi) is 6.35. The van der Waals surface area contributed by atoms with Gasteiger partial charge in [0.05, 0.1) is 11.6 Å². The second kappa shape index (κ2) is 9.32. The number of carbonyl (C=O) groups is 1. The molecule has 0 radical (unpaired) electrons. The van der Waals surface area contributed by atoms with Crippen LogP contribution in [0.25, 0.3) is 0 Å². The maximum absolute atomic E-state index is 12.8. The van der Waals surface area contributed by atoms with Gasteiger partial charge in [0.25, 0.3) is 0 Å². The van der Waals surface area contributed by atoms with Gasteiger partial charge in [-0.3, -0.25) is 4.90 Å². The van der Waals surface area contributed by atoms with Crippen molar-refractivity contribution in [2.75, 3.05) is 18.4 Å². The summed E-state index contributed by atoms with van der Waals surface area (Å²) >= 11 is 0. The monoisotopic (exact) mass is 402 g/mol. The van der Waals surface area contributed by atoms with E-state index in [1.807, 2.05) is 6.07 Å². The fourth-order valence-corrected chi connectivity index (χ4v) is 5.18. The standard InChI is InChI=1S/C25H30N4O/c26-18-21-9-6-10-23(17-21)27-24(30)28-25(13-4-5-14-25)22-11-15-29(16-12-22)19-20-7-2-1-3-8-20/h1-3,6-10,17,22H,4-5,11-16,19H2,(H2,27,28,30). The lowest BCUT2D eigenvalue weighted by Gasteiger charge is -2.43. The molecule has 0 aromatic heterocycles. The lowest BCUT2D eigenvalue weighted by atomic mass is 9.76. The van der Waals surface area contributed by atoms with Crippen LogP contribution in [0.5, 0.6) is 0 Å². The summed E-state index contributed by atoms with van der Waals surface area (Å²) in [4.78, 5) is 15.3. The number of carbonyl (C=O) groups excluding carboxylic acids is 1.